The van der Waals surface area contributed by atoms with Crippen molar-refractivity contribution in [2.45, 2.75) is 5.03 Å². The highest BCUT2D eigenvalue weighted by atomic mass is 32.2. The summed E-state index contributed by atoms with van der Waals surface area (Å²) in [4.78, 5) is 14.5. The number of sulfonamides is 1. The minimum atomic E-state index is -3.86. The first-order valence-corrected chi connectivity index (χ1v) is 7.08. The first kappa shape index (κ1) is 12.6. The van der Waals surface area contributed by atoms with Crippen LogP contribution in [0.25, 0.3) is 0 Å². The van der Waals surface area contributed by atoms with E-state index < -0.39 is 16.0 Å². The number of imidazole rings is 1. The van der Waals surface area contributed by atoms with E-state index in [1.54, 1.807) is 7.05 Å². The van der Waals surface area contributed by atoms with Crippen molar-refractivity contribution in [3.05, 3.63) is 28.8 Å². The molecule has 0 aliphatic carbocycles. The third-order valence-electron chi connectivity index (χ3n) is 2.06. The second-order valence-electron chi connectivity index (χ2n) is 3.45. The number of aromatic carboxylic acids is 1. The highest BCUT2D eigenvalue weighted by molar-refractivity contribution is 7.92. The quantitative estimate of drug-likeness (QED) is 0.873. The first-order chi connectivity index (χ1) is 8.40. The Balaban J connectivity index is 2.34. The number of hydrogen-bond donors (Lipinski definition) is 2. The molecule has 0 fully saturated rings. The van der Waals surface area contributed by atoms with Crippen molar-refractivity contribution in [3.8, 4) is 0 Å². The lowest BCUT2D eigenvalue weighted by Gasteiger charge is -2.04. The van der Waals surface area contributed by atoms with E-state index in [-0.39, 0.29) is 15.6 Å². The number of carboxylic acid groups (broad SMARTS) is 1. The van der Waals surface area contributed by atoms with Crippen molar-refractivity contribution in [3.63, 3.8) is 0 Å². The second-order valence-corrected chi connectivity index (χ2v) is 6.00. The number of hydrogen-bond acceptors (Lipinski definition) is 5. The summed E-state index contributed by atoms with van der Waals surface area (Å²) < 4.78 is 27.5. The molecular weight excluding hydrogens is 278 g/mol. The molecule has 18 heavy (non-hydrogen) atoms. The van der Waals surface area contributed by atoms with Gasteiger partial charge in [-0.25, -0.2) is 9.78 Å². The Morgan fingerprint density at radius 2 is 2.28 bits per heavy atom. The number of carbonyl (C=O) groups is 1. The zero-order chi connectivity index (χ0) is 13.3. The molecule has 2 heterocycles. The number of nitrogens with zero attached hydrogens (tertiary/aromatic N) is 2. The van der Waals surface area contributed by atoms with Gasteiger partial charge in [0.05, 0.1) is 12.0 Å². The average molecular weight is 287 g/mol. The van der Waals surface area contributed by atoms with Crippen LogP contribution in [-0.4, -0.2) is 29.0 Å². The zero-order valence-electron chi connectivity index (χ0n) is 9.19. The lowest BCUT2D eigenvalue weighted by atomic mass is 10.4. The average Bonchev–Trinajstić information content (AvgIpc) is 2.86. The van der Waals surface area contributed by atoms with Crippen LogP contribution in [0.5, 0.6) is 0 Å². The van der Waals surface area contributed by atoms with Crippen LogP contribution < -0.4 is 4.72 Å². The minimum absolute atomic E-state index is 0.0400. The number of nitrogens with one attached hydrogen (secondary N) is 1. The number of thiophene rings is 1. The van der Waals surface area contributed by atoms with Gasteiger partial charge in [0.1, 0.15) is 4.88 Å². The van der Waals surface area contributed by atoms with E-state index in [9.17, 15) is 13.2 Å². The predicted molar refractivity (Wildman–Crippen MR) is 65.3 cm³/mol. The lowest BCUT2D eigenvalue weighted by Crippen LogP contribution is -2.14. The van der Waals surface area contributed by atoms with Crippen molar-refractivity contribution in [2.24, 2.45) is 7.05 Å². The molecule has 2 N–H and O–H groups in total. The molecule has 0 unspecified atom stereocenters. The van der Waals surface area contributed by atoms with Crippen molar-refractivity contribution in [2.75, 3.05) is 4.72 Å². The number of anilines is 1. The molecule has 96 valence electrons. The van der Waals surface area contributed by atoms with Crippen molar-refractivity contribution in [1.29, 1.82) is 0 Å². The van der Waals surface area contributed by atoms with Crippen LogP contribution in [0.3, 0.4) is 0 Å². The highest BCUT2D eigenvalue weighted by Crippen LogP contribution is 2.24. The number of aromatic nitrogens is 2. The molecule has 0 saturated carbocycles. The minimum Gasteiger partial charge on any atom is -0.477 e. The Bertz CT molecular complexity index is 686. The SMILES string of the molecule is Cn1cnc(S(=O)(=O)Nc2ccsc2C(=O)O)c1. The second kappa shape index (κ2) is 4.42. The van der Waals surface area contributed by atoms with Crippen LogP contribution in [0.1, 0.15) is 9.67 Å². The van der Waals surface area contributed by atoms with Gasteiger partial charge in [0.15, 0.2) is 5.03 Å². The van der Waals surface area contributed by atoms with Gasteiger partial charge < -0.3 is 9.67 Å². The Kier molecular flexibility index (Phi) is 3.09. The maximum Gasteiger partial charge on any atom is 0.348 e. The standard InChI is InChI=1S/C9H9N3O4S2/c1-12-4-7(10-5-12)18(15,16)11-6-2-3-17-8(6)9(13)14/h2-5,11H,1H3,(H,13,14). The van der Waals surface area contributed by atoms with Crippen LogP contribution in [0.15, 0.2) is 29.0 Å². The fraction of sp³-hybridized carbons (Fsp3) is 0.111. The van der Waals surface area contributed by atoms with E-state index in [0.717, 1.165) is 11.3 Å². The Hall–Kier alpha value is -1.87. The molecule has 0 atom stereocenters. The van der Waals surface area contributed by atoms with Crippen molar-refractivity contribution < 1.29 is 18.3 Å². The first-order valence-electron chi connectivity index (χ1n) is 4.72. The van der Waals surface area contributed by atoms with Crippen molar-refractivity contribution >= 4 is 33.0 Å². The summed E-state index contributed by atoms with van der Waals surface area (Å²) in [6.45, 7) is 0. The van der Waals surface area contributed by atoms with Crippen LogP contribution in [0, 0.1) is 0 Å². The van der Waals surface area contributed by atoms with E-state index in [1.807, 2.05) is 0 Å². The molecule has 0 spiro atoms. The summed E-state index contributed by atoms with van der Waals surface area (Å²) in [7, 11) is -2.22. The van der Waals surface area contributed by atoms with Gasteiger partial charge in [-0.15, -0.1) is 11.3 Å². The van der Waals surface area contributed by atoms with Crippen LogP contribution in [0.4, 0.5) is 5.69 Å². The van der Waals surface area contributed by atoms with Gasteiger partial charge in [0.2, 0.25) is 0 Å². The summed E-state index contributed by atoms with van der Waals surface area (Å²) >= 11 is 0.947. The number of aryl methyl sites for hydroxylation is 1. The summed E-state index contributed by atoms with van der Waals surface area (Å²) in [5.74, 6) is -1.18. The molecule has 2 aromatic rings. The third kappa shape index (κ3) is 2.36. The molecule has 0 saturated heterocycles. The van der Waals surface area contributed by atoms with E-state index in [4.69, 9.17) is 5.11 Å². The van der Waals surface area contributed by atoms with Gasteiger partial charge in [-0.05, 0) is 11.4 Å². The fourth-order valence-corrected chi connectivity index (χ4v) is 3.09. The molecule has 0 amide bonds. The van der Waals surface area contributed by atoms with Gasteiger partial charge in [0.25, 0.3) is 10.0 Å². The molecule has 0 aliphatic rings. The molecule has 0 aromatic carbocycles. The largest absolute Gasteiger partial charge is 0.477 e. The smallest absolute Gasteiger partial charge is 0.348 e. The number of rotatable bonds is 4. The fourth-order valence-electron chi connectivity index (χ4n) is 1.28. The summed E-state index contributed by atoms with van der Waals surface area (Å²) in [5, 5.41) is 10.2. The Labute approximate surface area is 107 Å². The maximum atomic E-state index is 11.9. The molecule has 2 aromatic heterocycles. The zero-order valence-corrected chi connectivity index (χ0v) is 10.8. The van der Waals surface area contributed by atoms with E-state index >= 15 is 0 Å². The Morgan fingerprint density at radius 3 is 2.83 bits per heavy atom. The molecule has 0 bridgehead atoms. The Morgan fingerprint density at radius 1 is 1.56 bits per heavy atom. The summed E-state index contributed by atoms with van der Waals surface area (Å²) in [6.07, 6.45) is 2.68. The normalized spacial score (nSPS) is 11.4. The van der Waals surface area contributed by atoms with Gasteiger partial charge in [-0.2, -0.15) is 8.42 Å². The van der Waals surface area contributed by atoms with Gasteiger partial charge in [0, 0.05) is 13.2 Å². The van der Waals surface area contributed by atoms with Crippen molar-refractivity contribution in [1.82, 2.24) is 9.55 Å². The molecule has 0 radical (unpaired) electrons. The topological polar surface area (TPSA) is 101 Å². The summed E-state index contributed by atoms with van der Waals surface area (Å²) in [6, 6.07) is 1.40. The lowest BCUT2D eigenvalue weighted by molar-refractivity contribution is 0.0703. The third-order valence-corrected chi connectivity index (χ3v) is 4.21. The molecule has 0 aliphatic heterocycles. The van der Waals surface area contributed by atoms with Gasteiger partial charge >= 0.3 is 5.97 Å². The molecule has 9 heteroatoms. The van der Waals surface area contributed by atoms with E-state index in [0.29, 0.717) is 0 Å². The molecular formula is C9H9N3O4S2. The molecule has 7 nitrogen and oxygen atoms in total. The maximum absolute atomic E-state index is 11.9. The van der Waals surface area contributed by atoms with Gasteiger partial charge in [-0.3, -0.25) is 4.72 Å². The summed E-state index contributed by atoms with van der Waals surface area (Å²) in [5.41, 5.74) is 0.0400. The van der Waals surface area contributed by atoms with E-state index in [1.165, 1.54) is 28.5 Å². The monoisotopic (exact) mass is 287 g/mol. The molecule has 2 rings (SSSR count). The number of carboxylic acids is 1. The highest BCUT2D eigenvalue weighted by Gasteiger charge is 2.21. The van der Waals surface area contributed by atoms with Crippen LogP contribution in [0.2, 0.25) is 0 Å². The van der Waals surface area contributed by atoms with Crippen LogP contribution >= 0.6 is 11.3 Å². The van der Waals surface area contributed by atoms with Gasteiger partial charge in [-0.1, -0.05) is 0 Å². The predicted octanol–water partition coefficient (Wildman–Crippen LogP) is 0.981. The van der Waals surface area contributed by atoms with E-state index in [2.05, 4.69) is 9.71 Å². The van der Waals surface area contributed by atoms with Crippen LogP contribution in [-0.2, 0) is 17.1 Å².